The molecule has 0 aliphatic carbocycles. The molecule has 29 heavy (non-hydrogen) atoms. The lowest BCUT2D eigenvalue weighted by molar-refractivity contribution is -0.153. The smallest absolute Gasteiger partial charge is 0.422 e. The number of hydrogen-bond donors (Lipinski definition) is 1. The van der Waals surface area contributed by atoms with Gasteiger partial charge in [0.2, 0.25) is 0 Å². The summed E-state index contributed by atoms with van der Waals surface area (Å²) in [6.07, 6.45) is -4.49. The minimum Gasteiger partial charge on any atom is -0.482 e. The van der Waals surface area contributed by atoms with Gasteiger partial charge in [0.05, 0.1) is 16.7 Å². The Labute approximate surface area is 163 Å². The van der Waals surface area contributed by atoms with Crippen molar-refractivity contribution in [3.63, 3.8) is 0 Å². The Morgan fingerprint density at radius 1 is 1.21 bits per heavy atom. The molecule has 0 aliphatic heterocycles. The summed E-state index contributed by atoms with van der Waals surface area (Å²) in [6, 6.07) is 10.5. The number of aryl methyl sites for hydroxylation is 2. The first-order chi connectivity index (χ1) is 13.7. The number of amides is 1. The van der Waals surface area contributed by atoms with Crippen LogP contribution >= 0.6 is 0 Å². The lowest BCUT2D eigenvalue weighted by atomic mass is 10.1. The Morgan fingerprint density at radius 2 is 1.93 bits per heavy atom. The van der Waals surface area contributed by atoms with E-state index in [9.17, 15) is 22.8 Å². The van der Waals surface area contributed by atoms with Crippen LogP contribution in [0.5, 0.6) is 5.75 Å². The normalized spacial score (nSPS) is 11.5. The lowest BCUT2D eigenvalue weighted by Gasteiger charge is -2.14. The highest BCUT2D eigenvalue weighted by atomic mass is 19.4. The molecule has 0 aliphatic rings. The van der Waals surface area contributed by atoms with E-state index in [1.807, 2.05) is 6.92 Å². The van der Waals surface area contributed by atoms with E-state index in [1.54, 1.807) is 23.6 Å². The fourth-order valence-electron chi connectivity index (χ4n) is 2.88. The molecule has 0 spiro atoms. The van der Waals surface area contributed by atoms with Gasteiger partial charge in [-0.2, -0.15) is 13.2 Å². The van der Waals surface area contributed by atoms with Crippen molar-refractivity contribution >= 4 is 22.6 Å². The van der Waals surface area contributed by atoms with Crippen LogP contribution in [0.1, 0.15) is 23.0 Å². The number of ether oxygens (including phenoxy) is 1. The van der Waals surface area contributed by atoms with Crippen LogP contribution in [0.15, 0.2) is 47.3 Å². The molecule has 1 amide bonds. The highest BCUT2D eigenvalue weighted by Gasteiger charge is 2.29. The third-order valence-corrected chi connectivity index (χ3v) is 4.21. The van der Waals surface area contributed by atoms with Crippen molar-refractivity contribution in [1.29, 1.82) is 0 Å². The monoisotopic (exact) mass is 405 g/mol. The van der Waals surface area contributed by atoms with Crippen LogP contribution in [0.4, 0.5) is 18.9 Å². The minimum absolute atomic E-state index is 0.0900. The number of carbonyl (C=O) groups is 1. The van der Waals surface area contributed by atoms with Gasteiger partial charge in [0.25, 0.3) is 11.5 Å². The van der Waals surface area contributed by atoms with Crippen molar-refractivity contribution in [2.45, 2.75) is 26.6 Å². The van der Waals surface area contributed by atoms with E-state index in [4.69, 9.17) is 4.74 Å². The molecule has 1 heterocycles. The van der Waals surface area contributed by atoms with E-state index >= 15 is 0 Å². The average Bonchev–Trinajstić information content (AvgIpc) is 2.67. The predicted molar refractivity (Wildman–Crippen MR) is 102 cm³/mol. The summed E-state index contributed by atoms with van der Waals surface area (Å²) in [5, 5.41) is 2.55. The van der Waals surface area contributed by atoms with Gasteiger partial charge >= 0.3 is 6.18 Å². The van der Waals surface area contributed by atoms with E-state index in [1.165, 1.54) is 30.3 Å². The molecule has 3 rings (SSSR count). The van der Waals surface area contributed by atoms with Crippen molar-refractivity contribution in [1.82, 2.24) is 9.55 Å². The summed E-state index contributed by atoms with van der Waals surface area (Å²) in [5.41, 5.74) is 1.53. The summed E-state index contributed by atoms with van der Waals surface area (Å²) in [5.74, 6) is -0.628. The first-order valence-electron chi connectivity index (χ1n) is 8.80. The number of carbonyl (C=O) groups excluding carboxylic acids is 1. The van der Waals surface area contributed by atoms with E-state index in [-0.39, 0.29) is 22.6 Å². The maximum Gasteiger partial charge on any atom is 0.422 e. The molecule has 0 bridgehead atoms. The first kappa shape index (κ1) is 20.4. The van der Waals surface area contributed by atoms with Gasteiger partial charge in [-0.05, 0) is 44.2 Å². The molecule has 152 valence electrons. The molecule has 0 radical (unpaired) electrons. The molecule has 0 fully saturated rings. The quantitative estimate of drug-likeness (QED) is 0.698. The zero-order chi connectivity index (χ0) is 21.2. The molecule has 0 unspecified atom stereocenters. The number of alkyl halides is 3. The molecule has 0 saturated heterocycles. The van der Waals surface area contributed by atoms with Crippen LogP contribution in [-0.4, -0.2) is 28.2 Å². The largest absolute Gasteiger partial charge is 0.482 e. The third kappa shape index (κ3) is 4.56. The number of aromatic nitrogens is 2. The standard InChI is InChI=1S/C20H18F3N3O3/c1-3-26-16-9-8-13(10-15(16)24-12(2)19(26)28)18(27)25-14-6-4-5-7-17(14)29-11-20(21,22)23/h4-10H,3,11H2,1-2H3,(H,25,27). The predicted octanol–water partition coefficient (Wildman–Crippen LogP) is 3.92. The molecule has 3 aromatic rings. The highest BCUT2D eigenvalue weighted by Crippen LogP contribution is 2.27. The molecule has 0 atom stereocenters. The fraction of sp³-hybridized carbons (Fsp3) is 0.250. The second kappa shape index (κ2) is 7.94. The van der Waals surface area contributed by atoms with Gasteiger partial charge in [-0.3, -0.25) is 9.59 Å². The van der Waals surface area contributed by atoms with Crippen LogP contribution in [0.3, 0.4) is 0 Å². The maximum absolute atomic E-state index is 12.6. The molecule has 9 heteroatoms. The van der Waals surface area contributed by atoms with E-state index in [2.05, 4.69) is 10.3 Å². The zero-order valence-corrected chi connectivity index (χ0v) is 15.7. The molecule has 0 saturated carbocycles. The molecule has 1 aromatic heterocycles. The second-order valence-corrected chi connectivity index (χ2v) is 6.30. The SMILES string of the molecule is CCn1c(=O)c(C)nc2cc(C(=O)Nc3ccccc3OCC(F)(F)F)ccc21. The Hall–Kier alpha value is -3.36. The molecular weight excluding hydrogens is 387 g/mol. The van der Waals surface area contributed by atoms with Crippen LogP contribution in [0, 0.1) is 6.92 Å². The highest BCUT2D eigenvalue weighted by molar-refractivity contribution is 6.06. The number of hydrogen-bond acceptors (Lipinski definition) is 4. The number of nitrogens with zero attached hydrogens (tertiary/aromatic N) is 2. The molecular formula is C20H18F3N3O3. The number of nitrogens with one attached hydrogen (secondary N) is 1. The van der Waals surface area contributed by atoms with Crippen LogP contribution in [0.25, 0.3) is 11.0 Å². The average molecular weight is 405 g/mol. The molecule has 6 nitrogen and oxygen atoms in total. The van der Waals surface area contributed by atoms with E-state index in [0.717, 1.165) is 0 Å². The van der Waals surface area contributed by atoms with Crippen molar-refractivity contribution in [2.24, 2.45) is 0 Å². The summed E-state index contributed by atoms with van der Waals surface area (Å²) in [6.45, 7) is 2.41. The Kier molecular flexibility index (Phi) is 5.58. The van der Waals surface area contributed by atoms with Crippen molar-refractivity contribution in [2.75, 3.05) is 11.9 Å². The Morgan fingerprint density at radius 3 is 2.62 bits per heavy atom. The summed E-state index contributed by atoms with van der Waals surface area (Å²) in [7, 11) is 0. The van der Waals surface area contributed by atoms with Crippen LogP contribution < -0.4 is 15.6 Å². The molecule has 2 aromatic carbocycles. The first-order valence-corrected chi connectivity index (χ1v) is 8.80. The van der Waals surface area contributed by atoms with Crippen LogP contribution in [0.2, 0.25) is 0 Å². The minimum atomic E-state index is -4.49. The Bertz CT molecular complexity index is 1120. The third-order valence-electron chi connectivity index (χ3n) is 4.21. The van der Waals surface area contributed by atoms with Crippen molar-refractivity contribution < 1.29 is 22.7 Å². The summed E-state index contributed by atoms with van der Waals surface area (Å²) >= 11 is 0. The van der Waals surface area contributed by atoms with Crippen LogP contribution in [-0.2, 0) is 6.54 Å². The van der Waals surface area contributed by atoms with Gasteiger partial charge in [-0.25, -0.2) is 4.98 Å². The zero-order valence-electron chi connectivity index (χ0n) is 15.7. The van der Waals surface area contributed by atoms with Crippen molar-refractivity contribution in [3.05, 3.63) is 64.1 Å². The number of para-hydroxylation sites is 2. The van der Waals surface area contributed by atoms with Gasteiger partial charge in [-0.15, -0.1) is 0 Å². The number of halogens is 3. The van der Waals surface area contributed by atoms with Crippen molar-refractivity contribution in [3.8, 4) is 5.75 Å². The van der Waals surface area contributed by atoms with Gasteiger partial charge in [-0.1, -0.05) is 12.1 Å². The van der Waals surface area contributed by atoms with Gasteiger partial charge < -0.3 is 14.6 Å². The Balaban J connectivity index is 1.89. The van der Waals surface area contributed by atoms with E-state index in [0.29, 0.717) is 23.3 Å². The topological polar surface area (TPSA) is 73.2 Å². The number of benzene rings is 2. The summed E-state index contributed by atoms with van der Waals surface area (Å²) < 4.78 is 43.6. The van der Waals surface area contributed by atoms with Gasteiger partial charge in [0.15, 0.2) is 6.61 Å². The maximum atomic E-state index is 12.6. The second-order valence-electron chi connectivity index (χ2n) is 6.30. The molecule has 1 N–H and O–H groups in total. The van der Waals surface area contributed by atoms with E-state index < -0.39 is 18.7 Å². The fourth-order valence-corrected chi connectivity index (χ4v) is 2.88. The summed E-state index contributed by atoms with van der Waals surface area (Å²) in [4.78, 5) is 29.0. The number of anilines is 1. The van der Waals surface area contributed by atoms with Gasteiger partial charge in [0, 0.05) is 12.1 Å². The number of fused-ring (bicyclic) bond motifs is 1. The number of rotatable bonds is 5. The lowest BCUT2D eigenvalue weighted by Crippen LogP contribution is -2.23. The van der Waals surface area contributed by atoms with Gasteiger partial charge in [0.1, 0.15) is 11.4 Å².